The van der Waals surface area contributed by atoms with Crippen molar-refractivity contribution in [2.75, 3.05) is 0 Å². The first-order valence-electron chi connectivity index (χ1n) is 5.13. The van der Waals surface area contributed by atoms with Crippen molar-refractivity contribution in [1.29, 1.82) is 0 Å². The maximum atomic E-state index is 9.94. The van der Waals surface area contributed by atoms with E-state index in [0.29, 0.717) is 0 Å². The monoisotopic (exact) mass is 185 g/mol. The molecule has 0 aromatic heterocycles. The van der Waals surface area contributed by atoms with Crippen molar-refractivity contribution in [3.05, 3.63) is 0 Å². The predicted molar refractivity (Wildman–Crippen MR) is 51.9 cm³/mol. The van der Waals surface area contributed by atoms with E-state index in [1.54, 1.807) is 0 Å². The van der Waals surface area contributed by atoms with Crippen molar-refractivity contribution in [2.24, 2.45) is 0 Å². The molecule has 76 valence electrons. The van der Waals surface area contributed by atoms with Crippen LogP contribution in [-0.4, -0.2) is 16.7 Å². The minimum absolute atomic E-state index is 0.0775. The largest absolute Gasteiger partial charge is 0.465 e. The van der Waals surface area contributed by atoms with Gasteiger partial charge in [0.05, 0.1) is 0 Å². The fraction of sp³-hybridized carbons (Fsp3) is 0.900. The molecule has 0 aromatic carbocycles. The van der Waals surface area contributed by atoms with E-state index < -0.39 is 6.09 Å². The van der Waals surface area contributed by atoms with Gasteiger partial charge in [0.15, 0.2) is 0 Å². The molecule has 0 atom stereocenters. The van der Waals surface area contributed by atoms with Crippen LogP contribution in [-0.2, 0) is 0 Å². The molecule has 3 heteroatoms. The van der Waals surface area contributed by atoms with Crippen LogP contribution in [0.1, 0.15) is 51.9 Å². The first kappa shape index (κ1) is 10.4. The third-order valence-corrected chi connectivity index (χ3v) is 2.66. The van der Waals surface area contributed by atoms with Gasteiger partial charge in [-0.1, -0.05) is 32.1 Å². The molecule has 0 saturated heterocycles. The quantitative estimate of drug-likeness (QED) is 0.660. The van der Waals surface area contributed by atoms with Crippen LogP contribution in [0.2, 0.25) is 0 Å². The molecule has 3 nitrogen and oxygen atoms in total. The Labute approximate surface area is 79.5 Å². The molecule has 0 unspecified atom stereocenters. The lowest BCUT2D eigenvalue weighted by molar-refractivity contribution is 0.189. The SMILES string of the molecule is C1CCCC1.CC1(NC(=O)O)CC1. The minimum atomic E-state index is -0.912. The van der Waals surface area contributed by atoms with Crippen LogP contribution >= 0.6 is 0 Å². The summed E-state index contributed by atoms with van der Waals surface area (Å²) in [5.41, 5.74) is -0.0775. The average molecular weight is 185 g/mol. The molecular weight excluding hydrogens is 166 g/mol. The molecule has 0 aliphatic heterocycles. The molecule has 2 saturated carbocycles. The zero-order valence-corrected chi connectivity index (χ0v) is 8.31. The molecule has 2 aliphatic carbocycles. The number of hydrogen-bond donors (Lipinski definition) is 2. The maximum Gasteiger partial charge on any atom is 0.405 e. The average Bonchev–Trinajstić information content (AvgIpc) is 2.58. The van der Waals surface area contributed by atoms with Gasteiger partial charge in [-0.05, 0) is 19.8 Å². The third kappa shape index (κ3) is 4.76. The molecule has 2 aliphatic rings. The van der Waals surface area contributed by atoms with Crippen LogP contribution in [0.4, 0.5) is 4.79 Å². The van der Waals surface area contributed by atoms with E-state index in [-0.39, 0.29) is 5.54 Å². The second-order valence-electron chi connectivity index (χ2n) is 4.26. The topological polar surface area (TPSA) is 49.3 Å². The summed E-state index contributed by atoms with van der Waals surface area (Å²) in [6, 6.07) is 0. The highest BCUT2D eigenvalue weighted by atomic mass is 16.4. The fourth-order valence-corrected chi connectivity index (χ4v) is 1.45. The summed E-state index contributed by atoms with van der Waals surface area (Å²) < 4.78 is 0. The van der Waals surface area contributed by atoms with Crippen molar-refractivity contribution >= 4 is 6.09 Å². The third-order valence-electron chi connectivity index (χ3n) is 2.66. The second-order valence-corrected chi connectivity index (χ2v) is 4.26. The van der Waals surface area contributed by atoms with Gasteiger partial charge in [-0.15, -0.1) is 0 Å². The number of carbonyl (C=O) groups is 1. The molecule has 2 rings (SSSR count). The standard InChI is InChI=1S/C5H9NO2.C5H10/c1-5(2-3-5)6-4(7)8;1-2-4-5-3-1/h6H,2-3H2,1H3,(H,7,8);1-5H2. The molecule has 0 radical (unpaired) electrons. The Bertz CT molecular complexity index is 164. The van der Waals surface area contributed by atoms with Crippen molar-refractivity contribution in [3.8, 4) is 0 Å². The van der Waals surface area contributed by atoms with E-state index in [9.17, 15) is 4.79 Å². The van der Waals surface area contributed by atoms with Crippen LogP contribution in [0.25, 0.3) is 0 Å². The van der Waals surface area contributed by atoms with Crippen LogP contribution in [0.5, 0.6) is 0 Å². The van der Waals surface area contributed by atoms with Crippen LogP contribution in [0, 0.1) is 0 Å². The van der Waals surface area contributed by atoms with E-state index in [0.717, 1.165) is 12.8 Å². The summed E-state index contributed by atoms with van der Waals surface area (Å²) in [6.45, 7) is 1.90. The Morgan fingerprint density at radius 3 is 1.69 bits per heavy atom. The zero-order valence-electron chi connectivity index (χ0n) is 8.31. The molecule has 13 heavy (non-hydrogen) atoms. The smallest absolute Gasteiger partial charge is 0.405 e. The zero-order chi connectivity index (χ0) is 9.73. The Morgan fingerprint density at radius 1 is 1.15 bits per heavy atom. The van der Waals surface area contributed by atoms with Crippen molar-refractivity contribution in [1.82, 2.24) is 5.32 Å². The molecule has 1 amide bonds. The van der Waals surface area contributed by atoms with Crippen molar-refractivity contribution in [3.63, 3.8) is 0 Å². The van der Waals surface area contributed by atoms with Crippen LogP contribution in [0.3, 0.4) is 0 Å². The number of carboxylic acid groups (broad SMARTS) is 1. The van der Waals surface area contributed by atoms with Crippen molar-refractivity contribution < 1.29 is 9.90 Å². The van der Waals surface area contributed by atoms with E-state index in [1.165, 1.54) is 32.1 Å². The van der Waals surface area contributed by atoms with Crippen LogP contribution in [0.15, 0.2) is 0 Å². The number of hydrogen-bond acceptors (Lipinski definition) is 1. The Hall–Kier alpha value is -0.730. The molecule has 0 spiro atoms. The van der Waals surface area contributed by atoms with Gasteiger partial charge in [0.2, 0.25) is 0 Å². The van der Waals surface area contributed by atoms with E-state index in [1.807, 2.05) is 6.92 Å². The predicted octanol–water partition coefficient (Wildman–Crippen LogP) is 2.76. The van der Waals surface area contributed by atoms with E-state index in [2.05, 4.69) is 5.32 Å². The second kappa shape index (κ2) is 4.49. The summed E-state index contributed by atoms with van der Waals surface area (Å²) in [5, 5.41) is 10.6. The van der Waals surface area contributed by atoms with Gasteiger partial charge in [-0.25, -0.2) is 4.79 Å². The molecular formula is C10H19NO2. The van der Waals surface area contributed by atoms with Gasteiger partial charge >= 0.3 is 6.09 Å². The number of rotatable bonds is 1. The minimum Gasteiger partial charge on any atom is -0.465 e. The Kier molecular flexibility index (Phi) is 3.58. The van der Waals surface area contributed by atoms with Gasteiger partial charge in [-0.2, -0.15) is 0 Å². The van der Waals surface area contributed by atoms with Crippen molar-refractivity contribution in [2.45, 2.75) is 57.4 Å². The van der Waals surface area contributed by atoms with Gasteiger partial charge in [0.1, 0.15) is 0 Å². The highest BCUT2D eigenvalue weighted by Gasteiger charge is 2.38. The summed E-state index contributed by atoms with van der Waals surface area (Å²) >= 11 is 0. The first-order chi connectivity index (χ1) is 6.12. The molecule has 0 aromatic rings. The van der Waals surface area contributed by atoms with Gasteiger partial charge in [0, 0.05) is 5.54 Å². The normalized spacial score (nSPS) is 22.8. The summed E-state index contributed by atoms with van der Waals surface area (Å²) in [4.78, 5) is 9.94. The Morgan fingerprint density at radius 2 is 1.54 bits per heavy atom. The summed E-state index contributed by atoms with van der Waals surface area (Å²) in [6.07, 6.45) is 8.56. The van der Waals surface area contributed by atoms with E-state index in [4.69, 9.17) is 5.11 Å². The molecule has 0 bridgehead atoms. The van der Waals surface area contributed by atoms with Gasteiger partial charge in [0.25, 0.3) is 0 Å². The lowest BCUT2D eigenvalue weighted by Crippen LogP contribution is -2.32. The highest BCUT2D eigenvalue weighted by molar-refractivity contribution is 5.66. The fourth-order valence-electron chi connectivity index (χ4n) is 1.45. The van der Waals surface area contributed by atoms with Gasteiger partial charge in [-0.3, -0.25) is 0 Å². The van der Waals surface area contributed by atoms with E-state index >= 15 is 0 Å². The maximum absolute atomic E-state index is 9.94. The summed E-state index contributed by atoms with van der Waals surface area (Å²) in [5.74, 6) is 0. The molecule has 2 fully saturated rings. The molecule has 0 heterocycles. The number of nitrogens with one attached hydrogen (secondary N) is 1. The first-order valence-corrected chi connectivity index (χ1v) is 5.13. The lowest BCUT2D eigenvalue weighted by Gasteiger charge is -2.04. The van der Waals surface area contributed by atoms with Gasteiger partial charge < -0.3 is 10.4 Å². The summed E-state index contributed by atoms with van der Waals surface area (Å²) in [7, 11) is 0. The van der Waals surface area contributed by atoms with Crippen LogP contribution < -0.4 is 5.32 Å². The lowest BCUT2D eigenvalue weighted by atomic mass is 10.3. The Balaban J connectivity index is 0.000000145. The molecule has 2 N–H and O–H groups in total. The number of amides is 1. The highest BCUT2D eigenvalue weighted by Crippen LogP contribution is 2.33.